The first-order valence-corrected chi connectivity index (χ1v) is 6.87. The van der Waals surface area contributed by atoms with Crippen LogP contribution < -0.4 is 10.5 Å². The molecule has 0 radical (unpaired) electrons. The van der Waals surface area contributed by atoms with Crippen molar-refractivity contribution in [2.75, 3.05) is 12.8 Å². The van der Waals surface area contributed by atoms with E-state index in [1.54, 1.807) is 31.4 Å². The molecule has 0 aromatic heterocycles. The average molecular weight is 288 g/mol. The number of nitrogens with two attached hydrogens (primary N) is 1. The van der Waals surface area contributed by atoms with Crippen molar-refractivity contribution >= 4 is 17.4 Å². The molecule has 2 N–H and O–H groups in total. The standard InChI is InChI=1S/C15H13FN2OS/c1-19-14-7-12(18)4-5-15(14)20-9-11-3-2-10(8-17)6-13(11)16/h2-7H,9,18H2,1H3. The smallest absolute Gasteiger partial charge is 0.134 e. The van der Waals surface area contributed by atoms with E-state index in [2.05, 4.69) is 0 Å². The van der Waals surface area contributed by atoms with Crippen molar-refractivity contribution in [1.29, 1.82) is 5.26 Å². The van der Waals surface area contributed by atoms with Gasteiger partial charge in [-0.3, -0.25) is 0 Å². The van der Waals surface area contributed by atoms with Crippen molar-refractivity contribution in [2.45, 2.75) is 10.6 Å². The summed E-state index contributed by atoms with van der Waals surface area (Å²) in [6.07, 6.45) is 0. The Labute approximate surface area is 121 Å². The van der Waals surface area contributed by atoms with Crippen LogP contribution in [0.5, 0.6) is 5.75 Å². The normalized spacial score (nSPS) is 10.1. The Hall–Kier alpha value is -2.19. The van der Waals surface area contributed by atoms with Gasteiger partial charge in [-0.2, -0.15) is 5.26 Å². The van der Waals surface area contributed by atoms with Crippen LogP contribution >= 0.6 is 11.8 Å². The molecule has 0 saturated carbocycles. The molecule has 0 bridgehead atoms. The number of benzene rings is 2. The molecule has 0 aliphatic heterocycles. The van der Waals surface area contributed by atoms with Crippen LogP contribution in [0, 0.1) is 17.1 Å². The Bertz CT molecular complexity index is 667. The van der Waals surface area contributed by atoms with Gasteiger partial charge in [0.1, 0.15) is 11.6 Å². The quantitative estimate of drug-likeness (QED) is 0.690. The molecule has 102 valence electrons. The second-order valence-electron chi connectivity index (χ2n) is 4.12. The van der Waals surface area contributed by atoms with E-state index < -0.39 is 0 Å². The van der Waals surface area contributed by atoms with Crippen LogP contribution in [-0.2, 0) is 5.75 Å². The third-order valence-corrected chi connectivity index (χ3v) is 3.86. The predicted octanol–water partition coefficient (Wildman–Crippen LogP) is 3.58. The molecule has 0 saturated heterocycles. The summed E-state index contributed by atoms with van der Waals surface area (Å²) in [6.45, 7) is 0. The highest BCUT2D eigenvalue weighted by Crippen LogP contribution is 2.33. The fourth-order valence-corrected chi connectivity index (χ4v) is 2.69. The van der Waals surface area contributed by atoms with Gasteiger partial charge in [0.05, 0.1) is 18.7 Å². The van der Waals surface area contributed by atoms with E-state index in [1.165, 1.54) is 17.8 Å². The van der Waals surface area contributed by atoms with E-state index in [-0.39, 0.29) is 5.82 Å². The van der Waals surface area contributed by atoms with Crippen LogP contribution in [0.2, 0.25) is 0 Å². The van der Waals surface area contributed by atoms with E-state index in [4.69, 9.17) is 15.7 Å². The van der Waals surface area contributed by atoms with Gasteiger partial charge in [-0.25, -0.2) is 4.39 Å². The first-order chi connectivity index (χ1) is 9.63. The molecule has 0 amide bonds. The number of hydrogen-bond donors (Lipinski definition) is 1. The second-order valence-corrected chi connectivity index (χ2v) is 5.13. The van der Waals surface area contributed by atoms with Crippen LogP contribution in [0.1, 0.15) is 11.1 Å². The van der Waals surface area contributed by atoms with Gasteiger partial charge in [-0.05, 0) is 29.8 Å². The number of rotatable bonds is 4. The molecule has 2 rings (SSSR count). The number of hydrogen-bond acceptors (Lipinski definition) is 4. The van der Waals surface area contributed by atoms with Gasteiger partial charge in [0.25, 0.3) is 0 Å². The van der Waals surface area contributed by atoms with Crippen molar-refractivity contribution in [3.63, 3.8) is 0 Å². The van der Waals surface area contributed by atoms with Gasteiger partial charge in [0.15, 0.2) is 0 Å². The van der Waals surface area contributed by atoms with Crippen LogP contribution in [-0.4, -0.2) is 7.11 Å². The lowest BCUT2D eigenvalue weighted by molar-refractivity contribution is 0.405. The number of ether oxygens (including phenoxy) is 1. The van der Waals surface area contributed by atoms with Gasteiger partial charge in [-0.15, -0.1) is 11.8 Å². The summed E-state index contributed by atoms with van der Waals surface area (Å²) < 4.78 is 19.0. The maximum Gasteiger partial charge on any atom is 0.134 e. The first kappa shape index (κ1) is 14.2. The summed E-state index contributed by atoms with van der Waals surface area (Å²) in [7, 11) is 1.57. The Balaban J connectivity index is 2.15. The highest BCUT2D eigenvalue weighted by molar-refractivity contribution is 7.98. The lowest BCUT2D eigenvalue weighted by Crippen LogP contribution is -1.92. The number of nitrogen functional groups attached to an aromatic ring is 1. The molecule has 0 aliphatic carbocycles. The number of nitriles is 1. The molecule has 5 heteroatoms. The molecule has 2 aromatic carbocycles. The molecule has 0 aliphatic rings. The minimum Gasteiger partial charge on any atom is -0.496 e. The fourth-order valence-electron chi connectivity index (χ4n) is 1.69. The van der Waals surface area contributed by atoms with Crippen molar-refractivity contribution in [3.8, 4) is 11.8 Å². The van der Waals surface area contributed by atoms with E-state index in [1.807, 2.05) is 12.1 Å². The Kier molecular flexibility index (Phi) is 4.49. The molecule has 0 unspecified atom stereocenters. The maximum absolute atomic E-state index is 13.8. The van der Waals surface area contributed by atoms with Crippen LogP contribution in [0.3, 0.4) is 0 Å². The summed E-state index contributed by atoms with van der Waals surface area (Å²) in [5, 5.41) is 8.70. The minimum atomic E-state index is -0.369. The number of methoxy groups -OCH3 is 1. The van der Waals surface area contributed by atoms with Crippen LogP contribution in [0.4, 0.5) is 10.1 Å². The Morgan fingerprint density at radius 3 is 2.75 bits per heavy atom. The third kappa shape index (κ3) is 3.22. The van der Waals surface area contributed by atoms with E-state index >= 15 is 0 Å². The fraction of sp³-hybridized carbons (Fsp3) is 0.133. The Morgan fingerprint density at radius 2 is 2.10 bits per heavy atom. The lowest BCUT2D eigenvalue weighted by Gasteiger charge is -2.09. The van der Waals surface area contributed by atoms with Crippen molar-refractivity contribution in [1.82, 2.24) is 0 Å². The first-order valence-electron chi connectivity index (χ1n) is 5.89. The topological polar surface area (TPSA) is 59.0 Å². The Morgan fingerprint density at radius 1 is 1.30 bits per heavy atom. The molecule has 0 atom stereocenters. The van der Waals surface area contributed by atoms with Crippen molar-refractivity contribution < 1.29 is 9.13 Å². The second kappa shape index (κ2) is 6.31. The van der Waals surface area contributed by atoms with Gasteiger partial charge >= 0.3 is 0 Å². The highest BCUT2D eigenvalue weighted by atomic mass is 32.2. The molecule has 2 aromatic rings. The molecule has 3 nitrogen and oxygen atoms in total. The van der Waals surface area contributed by atoms with Gasteiger partial charge in [0, 0.05) is 22.4 Å². The molecule has 20 heavy (non-hydrogen) atoms. The summed E-state index contributed by atoms with van der Waals surface area (Å²) in [4.78, 5) is 0.894. The van der Waals surface area contributed by atoms with Crippen LogP contribution in [0.15, 0.2) is 41.3 Å². The molecule has 0 fully saturated rings. The van der Waals surface area contributed by atoms with Crippen molar-refractivity contribution in [3.05, 3.63) is 53.3 Å². The molecular weight excluding hydrogens is 275 g/mol. The van der Waals surface area contributed by atoms with Crippen molar-refractivity contribution in [2.24, 2.45) is 0 Å². The number of halogens is 1. The predicted molar refractivity (Wildman–Crippen MR) is 78.1 cm³/mol. The zero-order valence-electron chi connectivity index (χ0n) is 10.9. The summed E-state index contributed by atoms with van der Waals surface area (Å²) in [5.41, 5.74) is 7.18. The van der Waals surface area contributed by atoms with E-state index in [0.717, 1.165) is 4.90 Å². The molecular formula is C15H13FN2OS. The lowest BCUT2D eigenvalue weighted by atomic mass is 10.1. The summed E-state index contributed by atoms with van der Waals surface area (Å²) >= 11 is 1.46. The molecule has 0 spiro atoms. The average Bonchev–Trinajstić information content (AvgIpc) is 2.46. The minimum absolute atomic E-state index is 0.321. The van der Waals surface area contributed by atoms with E-state index in [0.29, 0.717) is 28.3 Å². The van der Waals surface area contributed by atoms with E-state index in [9.17, 15) is 4.39 Å². The number of nitrogens with zero attached hydrogens (tertiary/aromatic N) is 1. The van der Waals surface area contributed by atoms with Gasteiger partial charge in [0.2, 0.25) is 0 Å². The monoisotopic (exact) mass is 288 g/mol. The largest absolute Gasteiger partial charge is 0.496 e. The van der Waals surface area contributed by atoms with Gasteiger partial charge < -0.3 is 10.5 Å². The SMILES string of the molecule is COc1cc(N)ccc1SCc1ccc(C#N)cc1F. The number of anilines is 1. The molecule has 0 heterocycles. The number of thioether (sulfide) groups is 1. The maximum atomic E-state index is 13.8. The zero-order valence-corrected chi connectivity index (χ0v) is 11.7. The highest BCUT2D eigenvalue weighted by Gasteiger charge is 2.08. The summed E-state index contributed by atoms with van der Waals surface area (Å²) in [6, 6.07) is 11.8. The third-order valence-electron chi connectivity index (χ3n) is 2.75. The van der Waals surface area contributed by atoms with Gasteiger partial charge in [-0.1, -0.05) is 6.07 Å². The van der Waals surface area contributed by atoms with Crippen LogP contribution in [0.25, 0.3) is 0 Å². The summed E-state index contributed by atoms with van der Waals surface area (Å²) in [5.74, 6) is 0.757. The zero-order chi connectivity index (χ0) is 14.5.